The minimum absolute atomic E-state index is 0.0968. The Morgan fingerprint density at radius 3 is 2.00 bits per heavy atom. The van der Waals surface area contributed by atoms with Gasteiger partial charge in [-0.25, -0.2) is 4.98 Å². The third kappa shape index (κ3) is 6.34. The Morgan fingerprint density at radius 1 is 0.971 bits per heavy atom. The second kappa shape index (κ2) is 10.2. The molecule has 1 unspecified atom stereocenters. The fourth-order valence-electron chi connectivity index (χ4n) is 2.69. The highest BCUT2D eigenvalue weighted by molar-refractivity contribution is 6.27. The number of hydrogen-bond acceptors (Lipinski definition) is 5. The molecule has 0 spiro atoms. The van der Waals surface area contributed by atoms with Crippen LogP contribution in [0.2, 0.25) is 0 Å². The van der Waals surface area contributed by atoms with Crippen molar-refractivity contribution in [1.29, 1.82) is 0 Å². The zero-order valence-corrected chi connectivity index (χ0v) is 18.1. The van der Waals surface area contributed by atoms with Crippen LogP contribution in [0, 0.1) is 0 Å². The molecule has 0 aliphatic heterocycles. The van der Waals surface area contributed by atoms with Crippen molar-refractivity contribution in [3.8, 4) is 0 Å². The van der Waals surface area contributed by atoms with Crippen LogP contribution in [0.1, 0.15) is 50.6 Å². The number of carbonyl (C=O) groups excluding carboxylic acids is 3. The molecule has 0 fully saturated rings. The number of rotatable bonds is 5. The average molecular weight is 512 g/mol. The molecular weight excluding hydrogens is 496 g/mol. The second-order valence-electron chi connectivity index (χ2n) is 6.81. The lowest BCUT2D eigenvalue weighted by molar-refractivity contribution is -0.143. The Labute approximate surface area is 193 Å². The summed E-state index contributed by atoms with van der Waals surface area (Å²) in [5.41, 5.74) is -0.677. The first-order chi connectivity index (χ1) is 15.7. The van der Waals surface area contributed by atoms with Crippen molar-refractivity contribution in [2.24, 2.45) is 0 Å². The van der Waals surface area contributed by atoms with E-state index in [-0.39, 0.29) is 17.5 Å². The van der Waals surface area contributed by atoms with Crippen LogP contribution < -0.4 is 10.9 Å². The number of alkyl halides is 7. The SMILES string of the molecule is CC(c1nccnc1C(=O)NNC(=O)CCl)N(C)C(=O)c1cc(C(F)(F)F)cc(C(F)(F)F)c1. The fraction of sp³-hybridized carbons (Fsp3) is 0.316. The lowest BCUT2D eigenvalue weighted by atomic mass is 10.0. The molecule has 1 aromatic heterocycles. The Balaban J connectivity index is 2.41. The lowest BCUT2D eigenvalue weighted by Crippen LogP contribution is -2.43. The maximum atomic E-state index is 13.1. The summed E-state index contributed by atoms with van der Waals surface area (Å²) < 4.78 is 78.8. The number of hydrazine groups is 1. The van der Waals surface area contributed by atoms with Crippen molar-refractivity contribution in [3.05, 3.63) is 58.7 Å². The van der Waals surface area contributed by atoms with E-state index in [2.05, 4.69) is 9.97 Å². The standard InChI is InChI=1S/C19H16ClF6N5O3/c1-9(14-15(28-4-3-27-14)16(33)30-29-13(32)8-20)31(2)17(34)10-5-11(18(21,22)23)7-12(6-10)19(24,25)26/h3-7,9H,8H2,1-2H3,(H,29,32)(H,30,33). The number of nitrogens with zero attached hydrogens (tertiary/aromatic N) is 3. The summed E-state index contributed by atoms with van der Waals surface area (Å²) in [7, 11) is 1.10. The zero-order chi connectivity index (χ0) is 25.8. The first-order valence-electron chi connectivity index (χ1n) is 9.19. The summed E-state index contributed by atoms with van der Waals surface area (Å²) in [6.07, 6.45) is -7.99. The molecule has 34 heavy (non-hydrogen) atoms. The second-order valence-corrected chi connectivity index (χ2v) is 7.08. The van der Waals surface area contributed by atoms with Gasteiger partial charge in [-0.15, -0.1) is 11.6 Å². The van der Waals surface area contributed by atoms with Crippen molar-refractivity contribution in [3.63, 3.8) is 0 Å². The zero-order valence-electron chi connectivity index (χ0n) is 17.4. The average Bonchev–Trinajstić information content (AvgIpc) is 2.79. The molecule has 2 aromatic rings. The van der Waals surface area contributed by atoms with Crippen molar-refractivity contribution < 1.29 is 40.7 Å². The van der Waals surface area contributed by atoms with Crippen molar-refractivity contribution in [1.82, 2.24) is 25.7 Å². The van der Waals surface area contributed by atoms with Gasteiger partial charge in [0.25, 0.3) is 17.7 Å². The molecule has 3 amide bonds. The number of benzene rings is 1. The molecule has 0 saturated carbocycles. The number of nitrogens with one attached hydrogen (secondary N) is 2. The van der Waals surface area contributed by atoms with E-state index < -0.39 is 58.7 Å². The van der Waals surface area contributed by atoms with E-state index in [0.29, 0.717) is 12.1 Å². The van der Waals surface area contributed by atoms with Gasteiger partial charge in [0.1, 0.15) is 5.88 Å². The van der Waals surface area contributed by atoms with E-state index in [0.717, 1.165) is 24.3 Å². The van der Waals surface area contributed by atoms with Crippen molar-refractivity contribution >= 4 is 29.3 Å². The number of hydrogen-bond donors (Lipinski definition) is 2. The predicted octanol–water partition coefficient (Wildman–Crippen LogP) is 3.35. The maximum Gasteiger partial charge on any atom is 0.416 e. The number of aromatic nitrogens is 2. The van der Waals surface area contributed by atoms with Gasteiger partial charge in [-0.2, -0.15) is 26.3 Å². The molecule has 0 bridgehead atoms. The number of amides is 3. The van der Waals surface area contributed by atoms with Gasteiger partial charge < -0.3 is 4.90 Å². The van der Waals surface area contributed by atoms with Crippen molar-refractivity contribution in [2.45, 2.75) is 25.3 Å². The van der Waals surface area contributed by atoms with Gasteiger partial charge >= 0.3 is 12.4 Å². The molecule has 1 heterocycles. The molecule has 1 atom stereocenters. The van der Waals surface area contributed by atoms with Gasteiger partial charge in [-0.1, -0.05) is 0 Å². The minimum Gasteiger partial charge on any atom is -0.333 e. The van der Waals surface area contributed by atoms with Crippen LogP contribution in [-0.2, 0) is 17.1 Å². The van der Waals surface area contributed by atoms with E-state index >= 15 is 0 Å². The highest BCUT2D eigenvalue weighted by Gasteiger charge is 2.38. The molecule has 1 aromatic carbocycles. The van der Waals surface area contributed by atoms with Crippen LogP contribution in [0.25, 0.3) is 0 Å². The Morgan fingerprint density at radius 2 is 1.50 bits per heavy atom. The Bertz CT molecular complexity index is 1060. The molecule has 15 heteroatoms. The maximum absolute atomic E-state index is 13.1. The van der Waals surface area contributed by atoms with E-state index in [9.17, 15) is 40.7 Å². The summed E-state index contributed by atoms with van der Waals surface area (Å²) in [6, 6.07) is -0.630. The molecule has 8 nitrogen and oxygen atoms in total. The molecule has 0 aliphatic rings. The smallest absolute Gasteiger partial charge is 0.333 e. The third-order valence-electron chi connectivity index (χ3n) is 4.51. The number of halogens is 7. The van der Waals surface area contributed by atoms with Crippen LogP contribution >= 0.6 is 11.6 Å². The molecule has 0 aliphatic carbocycles. The quantitative estimate of drug-likeness (QED) is 0.364. The van der Waals surface area contributed by atoms with Gasteiger partial charge in [0.2, 0.25) is 0 Å². The van der Waals surface area contributed by atoms with Crippen molar-refractivity contribution in [2.75, 3.05) is 12.9 Å². The van der Waals surface area contributed by atoms with Crippen LogP contribution in [0.4, 0.5) is 26.3 Å². The summed E-state index contributed by atoms with van der Waals surface area (Å²) in [6.45, 7) is 1.33. The summed E-state index contributed by atoms with van der Waals surface area (Å²) in [5, 5.41) is 0. The van der Waals surface area contributed by atoms with E-state index in [1.165, 1.54) is 6.92 Å². The topological polar surface area (TPSA) is 104 Å². The Hall–Kier alpha value is -3.42. The van der Waals surface area contributed by atoms with Gasteiger partial charge in [0.05, 0.1) is 22.9 Å². The molecular formula is C19H16ClF6N5O3. The molecule has 2 rings (SSSR count). The van der Waals surface area contributed by atoms with E-state index in [4.69, 9.17) is 11.6 Å². The van der Waals surface area contributed by atoms with Gasteiger partial charge in [-0.05, 0) is 25.1 Å². The fourth-order valence-corrected chi connectivity index (χ4v) is 2.76. The summed E-state index contributed by atoms with van der Waals surface area (Å²) in [4.78, 5) is 44.9. The molecule has 0 saturated heterocycles. The van der Waals surface area contributed by atoms with Crippen LogP contribution in [-0.4, -0.2) is 45.5 Å². The van der Waals surface area contributed by atoms with Crippen LogP contribution in [0.15, 0.2) is 30.6 Å². The number of carbonyl (C=O) groups is 3. The summed E-state index contributed by atoms with van der Waals surface area (Å²) >= 11 is 5.30. The molecule has 0 radical (unpaired) electrons. The van der Waals surface area contributed by atoms with Crippen LogP contribution in [0.3, 0.4) is 0 Å². The largest absolute Gasteiger partial charge is 0.416 e. The molecule has 2 N–H and O–H groups in total. The van der Waals surface area contributed by atoms with Gasteiger partial charge in [-0.3, -0.25) is 30.2 Å². The monoisotopic (exact) mass is 511 g/mol. The van der Waals surface area contributed by atoms with Gasteiger partial charge in [0, 0.05) is 25.0 Å². The first-order valence-corrected chi connectivity index (χ1v) is 9.73. The normalized spacial score (nSPS) is 12.6. The van der Waals surface area contributed by atoms with E-state index in [1.807, 2.05) is 10.9 Å². The first kappa shape index (κ1) is 26.8. The third-order valence-corrected chi connectivity index (χ3v) is 4.75. The summed E-state index contributed by atoms with van der Waals surface area (Å²) in [5.74, 6) is -3.35. The van der Waals surface area contributed by atoms with Crippen LogP contribution in [0.5, 0.6) is 0 Å². The predicted molar refractivity (Wildman–Crippen MR) is 105 cm³/mol. The Kier molecular flexibility index (Phi) is 8.08. The van der Waals surface area contributed by atoms with E-state index in [1.54, 1.807) is 0 Å². The highest BCUT2D eigenvalue weighted by atomic mass is 35.5. The minimum atomic E-state index is -5.13. The lowest BCUT2D eigenvalue weighted by Gasteiger charge is -2.26. The highest BCUT2D eigenvalue weighted by Crippen LogP contribution is 2.37. The molecule has 184 valence electrons. The van der Waals surface area contributed by atoms with Gasteiger partial charge in [0.15, 0.2) is 5.69 Å².